The van der Waals surface area contributed by atoms with Crippen LogP contribution in [-0.2, 0) is 9.53 Å². The summed E-state index contributed by atoms with van der Waals surface area (Å²) in [5.41, 5.74) is 4.09. The maximum Gasteiger partial charge on any atom is 0.248 e. The van der Waals surface area contributed by atoms with E-state index in [9.17, 15) is 4.79 Å². The summed E-state index contributed by atoms with van der Waals surface area (Å²) in [5.74, 6) is -0.128. The predicted molar refractivity (Wildman–Crippen MR) is 98.3 cm³/mol. The molecule has 24 heavy (non-hydrogen) atoms. The fourth-order valence-electron chi connectivity index (χ4n) is 2.68. The molecule has 0 aromatic heterocycles. The molecule has 0 aliphatic carbocycles. The summed E-state index contributed by atoms with van der Waals surface area (Å²) >= 11 is 0. The van der Waals surface area contributed by atoms with Gasteiger partial charge >= 0.3 is 0 Å². The predicted octanol–water partition coefficient (Wildman–Crippen LogP) is 3.48. The van der Waals surface area contributed by atoms with Crippen LogP contribution in [0.1, 0.15) is 11.1 Å². The van der Waals surface area contributed by atoms with Gasteiger partial charge in [0, 0.05) is 19.2 Å². The van der Waals surface area contributed by atoms with Crippen molar-refractivity contribution in [3.63, 3.8) is 0 Å². The van der Waals surface area contributed by atoms with Gasteiger partial charge in [0.25, 0.3) is 0 Å². The van der Waals surface area contributed by atoms with E-state index in [0.717, 1.165) is 43.2 Å². The topological polar surface area (TPSA) is 41.6 Å². The second-order valence-corrected chi connectivity index (χ2v) is 5.85. The molecule has 0 saturated carbocycles. The lowest BCUT2D eigenvalue weighted by Gasteiger charge is -2.30. The number of benzene rings is 2. The van der Waals surface area contributed by atoms with Crippen molar-refractivity contribution < 1.29 is 9.53 Å². The number of aryl methyl sites for hydroxylation is 1. The van der Waals surface area contributed by atoms with Crippen molar-refractivity contribution in [2.45, 2.75) is 6.92 Å². The second kappa shape index (κ2) is 7.79. The van der Waals surface area contributed by atoms with E-state index in [1.165, 1.54) is 5.56 Å². The normalized spacial score (nSPS) is 14.8. The van der Waals surface area contributed by atoms with Gasteiger partial charge in [-0.15, -0.1) is 0 Å². The first kappa shape index (κ1) is 16.3. The molecule has 1 fully saturated rings. The quantitative estimate of drug-likeness (QED) is 0.876. The van der Waals surface area contributed by atoms with Crippen molar-refractivity contribution in [2.24, 2.45) is 0 Å². The Morgan fingerprint density at radius 3 is 2.54 bits per heavy atom. The number of carbonyl (C=O) groups excluding carboxylic acids is 1. The Labute approximate surface area is 142 Å². The molecule has 4 heteroatoms. The molecular formula is C20H22N2O2. The summed E-state index contributed by atoms with van der Waals surface area (Å²) in [7, 11) is 0. The van der Waals surface area contributed by atoms with E-state index in [1.54, 1.807) is 6.08 Å². The molecule has 0 bridgehead atoms. The summed E-state index contributed by atoms with van der Waals surface area (Å²) in [6.45, 7) is 5.16. The third kappa shape index (κ3) is 4.24. The van der Waals surface area contributed by atoms with Gasteiger partial charge in [-0.05, 0) is 30.7 Å². The zero-order chi connectivity index (χ0) is 16.8. The molecule has 3 rings (SSSR count). The molecule has 0 radical (unpaired) electrons. The van der Waals surface area contributed by atoms with Crippen molar-refractivity contribution in [3.05, 3.63) is 65.7 Å². The molecular weight excluding hydrogens is 300 g/mol. The lowest BCUT2D eigenvalue weighted by atomic mass is 10.1. The van der Waals surface area contributed by atoms with Crippen LogP contribution in [0.15, 0.2) is 54.6 Å². The first-order valence-electron chi connectivity index (χ1n) is 8.20. The van der Waals surface area contributed by atoms with Gasteiger partial charge in [0.2, 0.25) is 5.91 Å². The van der Waals surface area contributed by atoms with Gasteiger partial charge in [0.1, 0.15) is 0 Å². The van der Waals surface area contributed by atoms with Crippen LogP contribution >= 0.6 is 0 Å². The van der Waals surface area contributed by atoms with Gasteiger partial charge in [-0.2, -0.15) is 0 Å². The highest BCUT2D eigenvalue weighted by Crippen LogP contribution is 2.26. The minimum absolute atomic E-state index is 0.128. The SMILES string of the molecule is Cc1ccc(C=CC(=O)Nc2ccccc2N2CCOCC2)cc1. The van der Waals surface area contributed by atoms with Gasteiger partial charge in [0.15, 0.2) is 0 Å². The third-order valence-electron chi connectivity index (χ3n) is 4.02. The first-order chi connectivity index (χ1) is 11.7. The number of amides is 1. The number of morpholine rings is 1. The van der Waals surface area contributed by atoms with Crippen LogP contribution in [0, 0.1) is 6.92 Å². The number of ether oxygens (including phenoxy) is 1. The zero-order valence-electron chi connectivity index (χ0n) is 13.9. The Morgan fingerprint density at radius 1 is 1.08 bits per heavy atom. The lowest BCUT2D eigenvalue weighted by molar-refractivity contribution is -0.111. The zero-order valence-corrected chi connectivity index (χ0v) is 13.9. The monoisotopic (exact) mass is 322 g/mol. The summed E-state index contributed by atoms with van der Waals surface area (Å²) in [6, 6.07) is 16.0. The number of anilines is 2. The second-order valence-electron chi connectivity index (χ2n) is 5.85. The van der Waals surface area contributed by atoms with Crippen LogP contribution in [0.4, 0.5) is 11.4 Å². The Bertz CT molecular complexity index is 717. The number of nitrogens with zero attached hydrogens (tertiary/aromatic N) is 1. The third-order valence-corrected chi connectivity index (χ3v) is 4.02. The summed E-state index contributed by atoms with van der Waals surface area (Å²) in [5, 5.41) is 2.98. The number of rotatable bonds is 4. The highest BCUT2D eigenvalue weighted by atomic mass is 16.5. The Morgan fingerprint density at radius 2 is 1.79 bits per heavy atom. The fourth-order valence-corrected chi connectivity index (χ4v) is 2.68. The molecule has 1 N–H and O–H groups in total. The molecule has 1 saturated heterocycles. The molecule has 4 nitrogen and oxygen atoms in total. The van der Waals surface area contributed by atoms with Crippen molar-refractivity contribution in [3.8, 4) is 0 Å². The maximum atomic E-state index is 12.2. The molecule has 1 amide bonds. The van der Waals surface area contributed by atoms with Gasteiger partial charge in [-0.1, -0.05) is 42.0 Å². The molecule has 1 heterocycles. The van der Waals surface area contributed by atoms with Crippen LogP contribution < -0.4 is 10.2 Å². The number of nitrogens with one attached hydrogen (secondary N) is 1. The maximum absolute atomic E-state index is 12.2. The van der Waals surface area contributed by atoms with Crippen molar-refractivity contribution in [2.75, 3.05) is 36.5 Å². The van der Waals surface area contributed by atoms with Crippen molar-refractivity contribution in [1.29, 1.82) is 0 Å². The molecule has 0 unspecified atom stereocenters. The smallest absolute Gasteiger partial charge is 0.248 e. The van der Waals surface area contributed by atoms with E-state index in [4.69, 9.17) is 4.74 Å². The van der Waals surface area contributed by atoms with Gasteiger partial charge in [0.05, 0.1) is 24.6 Å². The molecule has 0 atom stereocenters. The summed E-state index contributed by atoms with van der Waals surface area (Å²) in [6.07, 6.45) is 3.40. The largest absolute Gasteiger partial charge is 0.378 e. The molecule has 0 spiro atoms. The van der Waals surface area contributed by atoms with Gasteiger partial charge in [-0.25, -0.2) is 0 Å². The number of hydrogen-bond donors (Lipinski definition) is 1. The average molecular weight is 322 g/mol. The standard InChI is InChI=1S/C20H22N2O2/c1-16-6-8-17(9-7-16)10-11-20(23)21-18-4-2-3-5-19(18)22-12-14-24-15-13-22/h2-11H,12-15H2,1H3,(H,21,23). The van der Waals surface area contributed by atoms with Crippen LogP contribution in [0.25, 0.3) is 6.08 Å². The van der Waals surface area contributed by atoms with Gasteiger partial charge < -0.3 is 15.0 Å². The average Bonchev–Trinajstić information content (AvgIpc) is 2.62. The van der Waals surface area contributed by atoms with E-state index in [2.05, 4.69) is 10.2 Å². The van der Waals surface area contributed by atoms with Gasteiger partial charge in [-0.3, -0.25) is 4.79 Å². The van der Waals surface area contributed by atoms with E-state index in [0.29, 0.717) is 0 Å². The minimum Gasteiger partial charge on any atom is -0.378 e. The molecule has 1 aliphatic heterocycles. The molecule has 124 valence electrons. The highest BCUT2D eigenvalue weighted by molar-refractivity contribution is 6.03. The van der Waals surface area contributed by atoms with Crippen LogP contribution in [0.3, 0.4) is 0 Å². The van der Waals surface area contributed by atoms with E-state index in [1.807, 2.05) is 61.5 Å². The van der Waals surface area contributed by atoms with E-state index >= 15 is 0 Å². The van der Waals surface area contributed by atoms with Crippen molar-refractivity contribution in [1.82, 2.24) is 0 Å². The Kier molecular flexibility index (Phi) is 5.29. The van der Waals surface area contributed by atoms with Crippen LogP contribution in [0.2, 0.25) is 0 Å². The lowest BCUT2D eigenvalue weighted by Crippen LogP contribution is -2.36. The van der Waals surface area contributed by atoms with E-state index in [-0.39, 0.29) is 5.91 Å². The van der Waals surface area contributed by atoms with Crippen LogP contribution in [-0.4, -0.2) is 32.2 Å². The number of carbonyl (C=O) groups is 1. The molecule has 1 aliphatic rings. The highest BCUT2D eigenvalue weighted by Gasteiger charge is 2.14. The van der Waals surface area contributed by atoms with E-state index < -0.39 is 0 Å². The minimum atomic E-state index is -0.128. The first-order valence-corrected chi connectivity index (χ1v) is 8.20. The van der Waals surface area contributed by atoms with Crippen molar-refractivity contribution >= 4 is 23.4 Å². The Hall–Kier alpha value is -2.59. The fraction of sp³-hybridized carbons (Fsp3) is 0.250. The summed E-state index contributed by atoms with van der Waals surface area (Å²) < 4.78 is 5.40. The molecule has 2 aromatic carbocycles. The Balaban J connectivity index is 1.69. The van der Waals surface area contributed by atoms with Crippen LogP contribution in [0.5, 0.6) is 0 Å². The summed E-state index contributed by atoms with van der Waals surface area (Å²) in [4.78, 5) is 14.5. The number of hydrogen-bond acceptors (Lipinski definition) is 3. The molecule has 2 aromatic rings. The number of para-hydroxylation sites is 2.